The molecule has 2 saturated carbocycles. The van der Waals surface area contributed by atoms with Crippen LogP contribution >= 0.6 is 0 Å². The molecule has 2 fully saturated rings. The number of Topliss-reactive ketones (excluding diaryl/α,β-unsaturated/α-hetero) is 1. The monoisotopic (exact) mass is 210 g/mol. The second-order valence-corrected chi connectivity index (χ2v) is 6.09. The van der Waals surface area contributed by atoms with Crippen LogP contribution in [0.2, 0.25) is 0 Å². The molecule has 0 aliphatic heterocycles. The highest BCUT2D eigenvalue weighted by Gasteiger charge is 2.61. The molecule has 2 aliphatic rings. The number of hydrogen-bond donors (Lipinski definition) is 1. The Labute approximate surface area is 92.1 Å². The van der Waals surface area contributed by atoms with Crippen molar-refractivity contribution in [3.8, 4) is 0 Å². The minimum atomic E-state index is -0.221. The standard InChI is InChI=1S/C13H22O2/c1-8-10(14)5-6-12(3)9(2)11(15)7-13(8,12)4/h8-10,14H,5-7H2,1-4H3/t8-,9-,10+,12+,13+/m1/s1. The van der Waals surface area contributed by atoms with Crippen LogP contribution in [-0.4, -0.2) is 17.0 Å². The summed E-state index contributed by atoms with van der Waals surface area (Å²) in [4.78, 5) is 11.9. The maximum atomic E-state index is 11.9. The number of hydrogen-bond acceptors (Lipinski definition) is 2. The highest BCUT2D eigenvalue weighted by molar-refractivity contribution is 5.85. The second-order valence-electron chi connectivity index (χ2n) is 6.09. The van der Waals surface area contributed by atoms with Gasteiger partial charge < -0.3 is 5.11 Å². The third kappa shape index (κ3) is 1.17. The van der Waals surface area contributed by atoms with E-state index in [4.69, 9.17) is 0 Å². The Morgan fingerprint density at radius 2 is 1.87 bits per heavy atom. The number of fused-ring (bicyclic) bond motifs is 1. The first-order chi connectivity index (χ1) is 6.83. The number of rotatable bonds is 0. The Balaban J connectivity index is 2.43. The van der Waals surface area contributed by atoms with Gasteiger partial charge in [-0.3, -0.25) is 4.79 Å². The lowest BCUT2D eigenvalue weighted by molar-refractivity contribution is -0.121. The van der Waals surface area contributed by atoms with Gasteiger partial charge in [-0.1, -0.05) is 27.7 Å². The Morgan fingerprint density at radius 3 is 2.47 bits per heavy atom. The zero-order valence-corrected chi connectivity index (χ0v) is 10.2. The van der Waals surface area contributed by atoms with Crippen molar-refractivity contribution in [1.82, 2.24) is 0 Å². The fraction of sp³-hybridized carbons (Fsp3) is 0.923. The van der Waals surface area contributed by atoms with Gasteiger partial charge in [0.25, 0.3) is 0 Å². The minimum absolute atomic E-state index is 0.00116. The lowest BCUT2D eigenvalue weighted by atomic mass is 9.52. The largest absolute Gasteiger partial charge is 0.393 e. The van der Waals surface area contributed by atoms with Crippen molar-refractivity contribution >= 4 is 5.78 Å². The van der Waals surface area contributed by atoms with Crippen molar-refractivity contribution < 1.29 is 9.90 Å². The van der Waals surface area contributed by atoms with E-state index in [1.807, 2.05) is 0 Å². The first kappa shape index (κ1) is 11.1. The van der Waals surface area contributed by atoms with E-state index in [1.165, 1.54) is 0 Å². The van der Waals surface area contributed by atoms with Gasteiger partial charge in [-0.2, -0.15) is 0 Å². The molecule has 15 heavy (non-hydrogen) atoms. The normalized spacial score (nSPS) is 55.5. The maximum Gasteiger partial charge on any atom is 0.136 e. The molecule has 0 saturated heterocycles. The summed E-state index contributed by atoms with van der Waals surface area (Å²) in [6.07, 6.45) is 2.27. The van der Waals surface area contributed by atoms with Crippen molar-refractivity contribution in [1.29, 1.82) is 0 Å². The van der Waals surface area contributed by atoms with Gasteiger partial charge in [-0.15, -0.1) is 0 Å². The molecule has 1 N–H and O–H groups in total. The smallest absolute Gasteiger partial charge is 0.136 e. The topological polar surface area (TPSA) is 37.3 Å². The molecule has 0 heterocycles. The van der Waals surface area contributed by atoms with E-state index in [1.54, 1.807) is 0 Å². The molecular formula is C13H22O2. The molecule has 2 nitrogen and oxygen atoms in total. The van der Waals surface area contributed by atoms with E-state index < -0.39 is 0 Å². The predicted octanol–water partition coefficient (Wildman–Crippen LogP) is 2.40. The van der Waals surface area contributed by atoms with Crippen molar-refractivity contribution in [2.75, 3.05) is 0 Å². The van der Waals surface area contributed by atoms with E-state index in [0.29, 0.717) is 12.2 Å². The molecule has 2 aliphatic carbocycles. The first-order valence-corrected chi connectivity index (χ1v) is 6.04. The van der Waals surface area contributed by atoms with Gasteiger partial charge in [0.05, 0.1) is 6.10 Å². The summed E-state index contributed by atoms with van der Waals surface area (Å²) in [5, 5.41) is 9.97. The fourth-order valence-electron chi connectivity index (χ4n) is 3.87. The van der Waals surface area contributed by atoms with Gasteiger partial charge in [-0.25, -0.2) is 0 Å². The molecule has 0 amide bonds. The Bertz CT molecular complexity index is 299. The van der Waals surface area contributed by atoms with Crippen LogP contribution in [0.25, 0.3) is 0 Å². The molecule has 2 rings (SSSR count). The van der Waals surface area contributed by atoms with Gasteiger partial charge in [0, 0.05) is 12.3 Å². The molecule has 0 bridgehead atoms. The zero-order chi connectivity index (χ0) is 11.4. The molecule has 5 atom stereocenters. The molecule has 86 valence electrons. The van der Waals surface area contributed by atoms with Gasteiger partial charge >= 0.3 is 0 Å². The molecule has 0 aromatic rings. The quantitative estimate of drug-likeness (QED) is 0.666. The summed E-state index contributed by atoms with van der Waals surface area (Å²) in [5.74, 6) is 0.795. The lowest BCUT2D eigenvalue weighted by Crippen LogP contribution is -2.49. The number of carbonyl (C=O) groups is 1. The summed E-state index contributed by atoms with van der Waals surface area (Å²) in [5.41, 5.74) is 0.101. The molecule has 0 spiro atoms. The van der Waals surface area contributed by atoms with Crippen molar-refractivity contribution in [3.05, 3.63) is 0 Å². The molecule has 2 heteroatoms. The Morgan fingerprint density at radius 1 is 1.27 bits per heavy atom. The summed E-state index contributed by atoms with van der Waals surface area (Å²) in [6, 6.07) is 0. The highest BCUT2D eigenvalue weighted by Crippen LogP contribution is 2.63. The van der Waals surface area contributed by atoms with Crippen LogP contribution in [-0.2, 0) is 4.79 Å². The minimum Gasteiger partial charge on any atom is -0.393 e. The van der Waals surface area contributed by atoms with Crippen molar-refractivity contribution in [3.63, 3.8) is 0 Å². The van der Waals surface area contributed by atoms with Gasteiger partial charge in [0.15, 0.2) is 0 Å². The Kier molecular flexibility index (Phi) is 2.27. The SMILES string of the molecule is C[C@@H]1C(=O)C[C@@]2(C)[C@H](C)[C@@H](O)CC[C@@]12C. The fourth-order valence-corrected chi connectivity index (χ4v) is 3.87. The molecule has 0 unspecified atom stereocenters. The molecule has 0 aromatic carbocycles. The third-order valence-corrected chi connectivity index (χ3v) is 5.83. The number of aliphatic hydroxyl groups is 1. The van der Waals surface area contributed by atoms with E-state index in [0.717, 1.165) is 12.8 Å². The average molecular weight is 210 g/mol. The van der Waals surface area contributed by atoms with E-state index >= 15 is 0 Å². The number of ketones is 1. The second kappa shape index (κ2) is 3.07. The van der Waals surface area contributed by atoms with E-state index in [-0.39, 0.29) is 28.8 Å². The third-order valence-electron chi connectivity index (χ3n) is 5.83. The van der Waals surface area contributed by atoms with Crippen LogP contribution in [0.1, 0.15) is 47.0 Å². The predicted molar refractivity (Wildman–Crippen MR) is 59.4 cm³/mol. The molecule has 0 radical (unpaired) electrons. The lowest BCUT2D eigenvalue weighted by Gasteiger charge is -2.52. The summed E-state index contributed by atoms with van der Waals surface area (Å²) < 4.78 is 0. The van der Waals surface area contributed by atoms with Gasteiger partial charge in [0.2, 0.25) is 0 Å². The summed E-state index contributed by atoms with van der Waals surface area (Å²) in [6.45, 7) is 8.61. The molecule has 0 aromatic heterocycles. The highest BCUT2D eigenvalue weighted by atomic mass is 16.3. The van der Waals surface area contributed by atoms with Gasteiger partial charge in [0.1, 0.15) is 5.78 Å². The maximum absolute atomic E-state index is 11.9. The van der Waals surface area contributed by atoms with Crippen molar-refractivity contribution in [2.24, 2.45) is 22.7 Å². The van der Waals surface area contributed by atoms with Crippen LogP contribution in [0.15, 0.2) is 0 Å². The average Bonchev–Trinajstić information content (AvgIpc) is 2.36. The van der Waals surface area contributed by atoms with E-state index in [9.17, 15) is 9.90 Å². The van der Waals surface area contributed by atoms with Gasteiger partial charge in [-0.05, 0) is 29.6 Å². The summed E-state index contributed by atoms with van der Waals surface area (Å²) in [7, 11) is 0. The van der Waals surface area contributed by atoms with Crippen LogP contribution in [0.5, 0.6) is 0 Å². The van der Waals surface area contributed by atoms with Crippen LogP contribution in [0, 0.1) is 22.7 Å². The van der Waals surface area contributed by atoms with Crippen LogP contribution in [0.4, 0.5) is 0 Å². The summed E-state index contributed by atoms with van der Waals surface area (Å²) >= 11 is 0. The van der Waals surface area contributed by atoms with Crippen LogP contribution in [0.3, 0.4) is 0 Å². The van der Waals surface area contributed by atoms with Crippen LogP contribution < -0.4 is 0 Å². The van der Waals surface area contributed by atoms with E-state index in [2.05, 4.69) is 27.7 Å². The number of aliphatic hydroxyl groups excluding tert-OH is 1. The Hall–Kier alpha value is -0.370. The number of carbonyl (C=O) groups excluding carboxylic acids is 1. The molecular weight excluding hydrogens is 188 g/mol. The first-order valence-electron chi connectivity index (χ1n) is 6.04. The van der Waals surface area contributed by atoms with Crippen molar-refractivity contribution in [2.45, 2.75) is 53.1 Å². The zero-order valence-electron chi connectivity index (χ0n) is 10.2.